The van der Waals surface area contributed by atoms with Crippen LogP contribution in [0.2, 0.25) is 0 Å². The van der Waals surface area contributed by atoms with Gasteiger partial charge >= 0.3 is 0 Å². The zero-order chi connectivity index (χ0) is 7.28. The molecule has 0 aromatic carbocycles. The summed E-state index contributed by atoms with van der Waals surface area (Å²) in [6.07, 6.45) is 0. The Labute approximate surface area is 64.3 Å². The van der Waals surface area contributed by atoms with E-state index in [-0.39, 0.29) is 5.48 Å². The van der Waals surface area contributed by atoms with Crippen LogP contribution in [0.15, 0.2) is 0 Å². The van der Waals surface area contributed by atoms with E-state index in [4.69, 9.17) is 0 Å². The van der Waals surface area contributed by atoms with E-state index in [1.807, 2.05) is 0 Å². The molecule has 0 atom stereocenters. The van der Waals surface area contributed by atoms with Gasteiger partial charge in [-0.2, -0.15) is 0 Å². The predicted molar refractivity (Wildman–Crippen MR) is 46.2 cm³/mol. The molecule has 0 saturated carbocycles. The zero-order valence-corrected chi connectivity index (χ0v) is 7.57. The van der Waals surface area contributed by atoms with E-state index in [1.54, 1.807) is 0 Å². The Hall–Kier alpha value is -0.0800. The lowest BCUT2D eigenvalue weighted by Crippen LogP contribution is -2.23. The maximum Gasteiger partial charge on any atom is -0.00257 e. The van der Waals surface area contributed by atoms with E-state index >= 15 is 0 Å². The minimum atomic E-state index is 0. The minimum Gasteiger partial charge on any atom is -0.412 e. The molecule has 2 nitrogen and oxygen atoms in total. The third-order valence-corrected chi connectivity index (χ3v) is 1.11. The first-order valence-corrected chi connectivity index (χ1v) is 3.83. The van der Waals surface area contributed by atoms with Crippen molar-refractivity contribution in [3.8, 4) is 0 Å². The second-order valence-electron chi connectivity index (χ2n) is 3.45. The van der Waals surface area contributed by atoms with E-state index in [0.717, 1.165) is 24.9 Å². The van der Waals surface area contributed by atoms with Crippen LogP contribution in [0.3, 0.4) is 0 Å². The molecule has 0 saturated heterocycles. The summed E-state index contributed by atoms with van der Waals surface area (Å²) in [4.78, 5) is 0. The van der Waals surface area contributed by atoms with Crippen LogP contribution in [-0.2, 0) is 0 Å². The Kier molecular flexibility index (Phi) is 8.85. The van der Waals surface area contributed by atoms with Crippen molar-refractivity contribution < 1.29 is 5.48 Å². The third-order valence-electron chi connectivity index (χ3n) is 1.11. The molecule has 0 amide bonds. The van der Waals surface area contributed by atoms with Crippen molar-refractivity contribution in [2.24, 2.45) is 11.8 Å². The van der Waals surface area contributed by atoms with Gasteiger partial charge in [-0.3, -0.25) is 0 Å². The molecule has 0 aromatic heterocycles. The van der Waals surface area contributed by atoms with Crippen LogP contribution in [0.4, 0.5) is 0 Å². The fourth-order valence-corrected chi connectivity index (χ4v) is 0.661. The Morgan fingerprint density at radius 3 is 1.40 bits per heavy atom. The fourth-order valence-electron chi connectivity index (χ4n) is 0.661. The molecule has 0 aliphatic heterocycles. The molecule has 0 bridgehead atoms. The van der Waals surface area contributed by atoms with E-state index in [1.165, 1.54) is 0 Å². The second-order valence-corrected chi connectivity index (χ2v) is 3.45. The van der Waals surface area contributed by atoms with Gasteiger partial charge in [0.15, 0.2) is 0 Å². The average molecular weight is 147 g/mol. The normalized spacial score (nSPS) is 10.2. The molecule has 0 rings (SSSR count). The number of rotatable bonds is 4. The van der Waals surface area contributed by atoms with Crippen LogP contribution in [0.5, 0.6) is 0 Å². The Morgan fingerprint density at radius 2 is 1.20 bits per heavy atom. The second kappa shape index (κ2) is 7.03. The molecule has 2 heteroatoms. The average Bonchev–Trinajstić information content (AvgIpc) is 1.63. The quantitative estimate of drug-likeness (QED) is 0.635. The Bertz CT molecular complexity index is 54.3. The molecule has 10 heavy (non-hydrogen) atoms. The van der Waals surface area contributed by atoms with Gasteiger partial charge in [-0.15, -0.1) is 0 Å². The van der Waals surface area contributed by atoms with Gasteiger partial charge < -0.3 is 10.8 Å². The first kappa shape index (κ1) is 12.6. The molecule has 0 heterocycles. The SMILES string of the molecule is CC(C)CNCC(C)C.O. The van der Waals surface area contributed by atoms with Crippen molar-refractivity contribution in [1.29, 1.82) is 0 Å². The van der Waals surface area contributed by atoms with Crippen molar-refractivity contribution >= 4 is 0 Å². The highest BCUT2D eigenvalue weighted by Gasteiger charge is 1.93. The summed E-state index contributed by atoms with van der Waals surface area (Å²) in [7, 11) is 0. The molecule has 64 valence electrons. The largest absolute Gasteiger partial charge is 0.412 e. The lowest BCUT2D eigenvalue weighted by Gasteiger charge is -2.08. The van der Waals surface area contributed by atoms with Gasteiger partial charge in [0, 0.05) is 0 Å². The maximum atomic E-state index is 3.38. The highest BCUT2D eigenvalue weighted by Crippen LogP contribution is 1.90. The predicted octanol–water partition coefficient (Wildman–Crippen LogP) is 1.06. The first-order chi connectivity index (χ1) is 4.13. The lowest BCUT2D eigenvalue weighted by atomic mass is 10.2. The highest BCUT2D eigenvalue weighted by molar-refractivity contribution is 4.52. The highest BCUT2D eigenvalue weighted by atomic mass is 16.0. The van der Waals surface area contributed by atoms with Crippen molar-refractivity contribution in [1.82, 2.24) is 5.32 Å². The van der Waals surface area contributed by atoms with E-state index < -0.39 is 0 Å². The summed E-state index contributed by atoms with van der Waals surface area (Å²) in [5.41, 5.74) is 0. The van der Waals surface area contributed by atoms with Gasteiger partial charge in [-0.1, -0.05) is 27.7 Å². The first-order valence-electron chi connectivity index (χ1n) is 3.83. The molecule has 3 N–H and O–H groups in total. The Morgan fingerprint density at radius 1 is 0.900 bits per heavy atom. The summed E-state index contributed by atoms with van der Waals surface area (Å²) in [6.45, 7) is 11.2. The topological polar surface area (TPSA) is 43.5 Å². The zero-order valence-electron chi connectivity index (χ0n) is 7.57. The molecule has 0 spiro atoms. The molecular weight excluding hydrogens is 126 g/mol. The van der Waals surface area contributed by atoms with Gasteiger partial charge in [0.2, 0.25) is 0 Å². The van der Waals surface area contributed by atoms with Crippen LogP contribution in [0.1, 0.15) is 27.7 Å². The summed E-state index contributed by atoms with van der Waals surface area (Å²) in [5, 5.41) is 3.38. The molecule has 0 fully saturated rings. The van der Waals surface area contributed by atoms with Gasteiger partial charge in [0.1, 0.15) is 0 Å². The van der Waals surface area contributed by atoms with Crippen LogP contribution in [-0.4, -0.2) is 18.6 Å². The van der Waals surface area contributed by atoms with Crippen molar-refractivity contribution in [2.45, 2.75) is 27.7 Å². The maximum absolute atomic E-state index is 3.38. The third kappa shape index (κ3) is 10.8. The standard InChI is InChI=1S/C8H19N.H2O/c1-7(2)5-9-6-8(3)4;/h7-9H,5-6H2,1-4H3;1H2. The molecular formula is C8H21NO. The van der Waals surface area contributed by atoms with E-state index in [0.29, 0.717) is 0 Å². The summed E-state index contributed by atoms with van der Waals surface area (Å²) in [6, 6.07) is 0. The molecule has 0 radical (unpaired) electrons. The Balaban J connectivity index is 0. The monoisotopic (exact) mass is 147 g/mol. The molecule has 0 unspecified atom stereocenters. The van der Waals surface area contributed by atoms with E-state index in [9.17, 15) is 0 Å². The summed E-state index contributed by atoms with van der Waals surface area (Å²) < 4.78 is 0. The molecule has 0 aliphatic carbocycles. The van der Waals surface area contributed by atoms with Crippen LogP contribution in [0, 0.1) is 11.8 Å². The molecule has 0 aliphatic rings. The smallest absolute Gasteiger partial charge is 0.00257 e. The molecule has 0 aromatic rings. The number of hydrogen-bond acceptors (Lipinski definition) is 1. The summed E-state index contributed by atoms with van der Waals surface area (Å²) >= 11 is 0. The van der Waals surface area contributed by atoms with Crippen LogP contribution < -0.4 is 5.32 Å². The van der Waals surface area contributed by atoms with Crippen molar-refractivity contribution in [3.63, 3.8) is 0 Å². The number of hydrogen-bond donors (Lipinski definition) is 1. The summed E-state index contributed by atoms with van der Waals surface area (Å²) in [5.74, 6) is 1.56. The van der Waals surface area contributed by atoms with E-state index in [2.05, 4.69) is 33.0 Å². The van der Waals surface area contributed by atoms with Crippen LogP contribution >= 0.6 is 0 Å². The van der Waals surface area contributed by atoms with Crippen molar-refractivity contribution in [3.05, 3.63) is 0 Å². The van der Waals surface area contributed by atoms with Gasteiger partial charge in [-0.05, 0) is 24.9 Å². The van der Waals surface area contributed by atoms with Crippen LogP contribution in [0.25, 0.3) is 0 Å². The van der Waals surface area contributed by atoms with Gasteiger partial charge in [0.25, 0.3) is 0 Å². The lowest BCUT2D eigenvalue weighted by molar-refractivity contribution is 0.497. The van der Waals surface area contributed by atoms with Gasteiger partial charge in [-0.25, -0.2) is 0 Å². The van der Waals surface area contributed by atoms with Crippen molar-refractivity contribution in [2.75, 3.05) is 13.1 Å². The number of nitrogens with one attached hydrogen (secondary N) is 1. The minimum absolute atomic E-state index is 0. The fraction of sp³-hybridized carbons (Fsp3) is 1.00. The van der Waals surface area contributed by atoms with Gasteiger partial charge in [0.05, 0.1) is 0 Å².